The van der Waals surface area contributed by atoms with Crippen molar-refractivity contribution in [3.63, 3.8) is 0 Å². The molecule has 0 saturated heterocycles. The van der Waals surface area contributed by atoms with Crippen molar-refractivity contribution in [2.45, 2.75) is 25.8 Å². The van der Waals surface area contributed by atoms with Crippen molar-refractivity contribution in [1.29, 1.82) is 0 Å². The number of carbonyl (C=O) groups is 2. The summed E-state index contributed by atoms with van der Waals surface area (Å²) < 4.78 is 1.70. The number of nitrogens with one attached hydrogen (secondary N) is 1. The fourth-order valence-corrected chi connectivity index (χ4v) is 1.93. The monoisotopic (exact) mass is 287 g/mol. The van der Waals surface area contributed by atoms with E-state index < -0.39 is 5.97 Å². The Hall–Kier alpha value is -2.63. The smallest absolute Gasteiger partial charge is 0.303 e. The number of rotatable bonds is 7. The second kappa shape index (κ2) is 7.23. The van der Waals surface area contributed by atoms with Crippen LogP contribution in [-0.4, -0.2) is 26.8 Å². The van der Waals surface area contributed by atoms with Crippen molar-refractivity contribution in [1.82, 2.24) is 9.78 Å². The Morgan fingerprint density at radius 2 is 1.90 bits per heavy atom. The summed E-state index contributed by atoms with van der Waals surface area (Å²) in [4.78, 5) is 22.2. The molecule has 2 rings (SSSR count). The molecule has 21 heavy (non-hydrogen) atoms. The van der Waals surface area contributed by atoms with Gasteiger partial charge in [-0.2, -0.15) is 5.10 Å². The zero-order valence-corrected chi connectivity index (χ0v) is 11.5. The molecule has 0 atom stereocenters. The molecule has 0 saturated carbocycles. The third-order valence-electron chi connectivity index (χ3n) is 2.95. The third-order valence-corrected chi connectivity index (χ3v) is 2.95. The van der Waals surface area contributed by atoms with Gasteiger partial charge in [-0.3, -0.25) is 9.59 Å². The summed E-state index contributed by atoms with van der Waals surface area (Å²) in [5.41, 5.74) is 1.09. The lowest BCUT2D eigenvalue weighted by molar-refractivity contribution is -0.137. The molecule has 6 nitrogen and oxygen atoms in total. The van der Waals surface area contributed by atoms with E-state index in [0.717, 1.165) is 5.56 Å². The fraction of sp³-hybridized carbons (Fsp3) is 0.267. The highest BCUT2D eigenvalue weighted by molar-refractivity contribution is 5.90. The number of carboxylic acid groups (broad SMARTS) is 1. The van der Waals surface area contributed by atoms with E-state index in [1.165, 1.54) is 0 Å². The van der Waals surface area contributed by atoms with E-state index in [0.29, 0.717) is 18.8 Å². The van der Waals surface area contributed by atoms with Crippen molar-refractivity contribution >= 4 is 17.7 Å². The Morgan fingerprint density at radius 1 is 1.14 bits per heavy atom. The Morgan fingerprint density at radius 3 is 2.62 bits per heavy atom. The van der Waals surface area contributed by atoms with Gasteiger partial charge in [0.2, 0.25) is 5.91 Å². The molecule has 1 heterocycles. The van der Waals surface area contributed by atoms with Gasteiger partial charge in [0.05, 0.1) is 12.7 Å². The molecule has 1 amide bonds. The summed E-state index contributed by atoms with van der Waals surface area (Å²) >= 11 is 0. The molecule has 0 fully saturated rings. The summed E-state index contributed by atoms with van der Waals surface area (Å²) in [7, 11) is 0. The van der Waals surface area contributed by atoms with Crippen LogP contribution >= 0.6 is 0 Å². The van der Waals surface area contributed by atoms with Crippen LogP contribution in [0.3, 0.4) is 0 Å². The van der Waals surface area contributed by atoms with E-state index in [4.69, 9.17) is 5.11 Å². The molecule has 2 aromatic rings. The summed E-state index contributed by atoms with van der Waals surface area (Å²) in [5.74, 6) is -0.484. The molecule has 0 radical (unpaired) electrons. The van der Waals surface area contributed by atoms with Gasteiger partial charge in [-0.25, -0.2) is 4.68 Å². The highest BCUT2D eigenvalue weighted by Crippen LogP contribution is 2.11. The van der Waals surface area contributed by atoms with Gasteiger partial charge < -0.3 is 10.4 Å². The lowest BCUT2D eigenvalue weighted by Gasteiger charge is -2.09. The molecular weight excluding hydrogens is 270 g/mol. The summed E-state index contributed by atoms with van der Waals surface area (Å²) in [5, 5.41) is 15.5. The average molecular weight is 287 g/mol. The number of carbonyl (C=O) groups excluding carboxylic acids is 1. The second-order valence-electron chi connectivity index (χ2n) is 4.66. The quantitative estimate of drug-likeness (QED) is 0.817. The van der Waals surface area contributed by atoms with E-state index in [2.05, 4.69) is 10.4 Å². The number of nitrogens with zero attached hydrogens (tertiary/aromatic N) is 2. The predicted molar refractivity (Wildman–Crippen MR) is 77.9 cm³/mol. The molecule has 0 bridgehead atoms. The summed E-state index contributed by atoms with van der Waals surface area (Å²) in [6.07, 6.45) is 2.13. The zero-order valence-electron chi connectivity index (χ0n) is 11.5. The van der Waals surface area contributed by atoms with Crippen LogP contribution in [0.2, 0.25) is 0 Å². The van der Waals surface area contributed by atoms with Crippen LogP contribution in [0.15, 0.2) is 42.6 Å². The van der Waals surface area contributed by atoms with Crippen LogP contribution < -0.4 is 5.32 Å². The van der Waals surface area contributed by atoms with E-state index >= 15 is 0 Å². The molecule has 2 N–H and O–H groups in total. The number of amides is 1. The number of benzene rings is 1. The van der Waals surface area contributed by atoms with Gasteiger partial charge in [-0.1, -0.05) is 30.3 Å². The molecule has 1 aromatic heterocycles. The highest BCUT2D eigenvalue weighted by Gasteiger charge is 2.08. The first-order chi connectivity index (χ1) is 10.1. The second-order valence-corrected chi connectivity index (χ2v) is 4.66. The normalized spacial score (nSPS) is 10.3. The number of hydrogen-bond acceptors (Lipinski definition) is 3. The first-order valence-electron chi connectivity index (χ1n) is 6.72. The van der Waals surface area contributed by atoms with Crippen molar-refractivity contribution < 1.29 is 14.7 Å². The van der Waals surface area contributed by atoms with E-state index in [1.807, 2.05) is 30.3 Å². The molecular formula is C15H17N3O3. The topological polar surface area (TPSA) is 84.2 Å². The Bertz CT molecular complexity index is 608. The van der Waals surface area contributed by atoms with Gasteiger partial charge in [-0.05, 0) is 12.0 Å². The number of hydrogen-bond donors (Lipinski definition) is 2. The van der Waals surface area contributed by atoms with E-state index in [-0.39, 0.29) is 18.7 Å². The maximum Gasteiger partial charge on any atom is 0.303 e. The number of aromatic nitrogens is 2. The number of carboxylic acids is 1. The third kappa shape index (κ3) is 4.76. The fourth-order valence-electron chi connectivity index (χ4n) is 1.93. The van der Waals surface area contributed by atoms with Crippen molar-refractivity contribution in [3.8, 4) is 0 Å². The molecule has 6 heteroatoms. The summed E-state index contributed by atoms with van der Waals surface area (Å²) in [6.45, 7) is 0.568. The Kier molecular flexibility index (Phi) is 5.09. The lowest BCUT2D eigenvalue weighted by Crippen LogP contribution is -2.16. The maximum atomic E-state index is 11.8. The van der Waals surface area contributed by atoms with Crippen LogP contribution in [0.4, 0.5) is 5.82 Å². The van der Waals surface area contributed by atoms with E-state index in [1.54, 1.807) is 16.9 Å². The lowest BCUT2D eigenvalue weighted by atomic mass is 10.2. The molecule has 0 spiro atoms. The van der Waals surface area contributed by atoms with Gasteiger partial charge in [0.1, 0.15) is 5.82 Å². The Balaban J connectivity index is 1.91. The minimum absolute atomic E-state index is 0.00328. The van der Waals surface area contributed by atoms with Crippen molar-refractivity contribution in [3.05, 3.63) is 48.2 Å². The molecule has 0 aliphatic heterocycles. The largest absolute Gasteiger partial charge is 0.481 e. The minimum Gasteiger partial charge on any atom is -0.481 e. The van der Waals surface area contributed by atoms with Crippen molar-refractivity contribution in [2.75, 3.05) is 5.32 Å². The van der Waals surface area contributed by atoms with Gasteiger partial charge in [0, 0.05) is 18.9 Å². The van der Waals surface area contributed by atoms with Gasteiger partial charge >= 0.3 is 5.97 Å². The molecule has 0 aliphatic carbocycles. The number of aliphatic carboxylic acids is 1. The average Bonchev–Trinajstić information content (AvgIpc) is 2.86. The standard InChI is InChI=1S/C15H17N3O3/c19-14(7-4-8-15(20)21)17-13-9-10-16-18(13)11-12-5-2-1-3-6-12/h1-3,5-6,9-10H,4,7-8,11H2,(H,17,19)(H,20,21). The van der Waals surface area contributed by atoms with E-state index in [9.17, 15) is 9.59 Å². The van der Waals surface area contributed by atoms with Crippen LogP contribution in [0.5, 0.6) is 0 Å². The number of anilines is 1. The SMILES string of the molecule is O=C(O)CCCC(=O)Nc1ccnn1Cc1ccccc1. The minimum atomic E-state index is -0.892. The molecule has 0 unspecified atom stereocenters. The molecule has 1 aromatic carbocycles. The first-order valence-corrected chi connectivity index (χ1v) is 6.72. The van der Waals surface area contributed by atoms with Gasteiger partial charge in [-0.15, -0.1) is 0 Å². The van der Waals surface area contributed by atoms with Crippen molar-refractivity contribution in [2.24, 2.45) is 0 Å². The van der Waals surface area contributed by atoms with Crippen LogP contribution in [-0.2, 0) is 16.1 Å². The van der Waals surface area contributed by atoms with Crippen LogP contribution in [0.25, 0.3) is 0 Å². The van der Waals surface area contributed by atoms with Crippen LogP contribution in [0, 0.1) is 0 Å². The predicted octanol–water partition coefficient (Wildman–Crippen LogP) is 2.12. The van der Waals surface area contributed by atoms with Gasteiger partial charge in [0.15, 0.2) is 0 Å². The summed E-state index contributed by atoms with van der Waals surface area (Å²) in [6, 6.07) is 11.5. The van der Waals surface area contributed by atoms with Crippen LogP contribution in [0.1, 0.15) is 24.8 Å². The highest BCUT2D eigenvalue weighted by atomic mass is 16.4. The van der Waals surface area contributed by atoms with Gasteiger partial charge in [0.25, 0.3) is 0 Å². The maximum absolute atomic E-state index is 11.8. The molecule has 0 aliphatic rings. The Labute approximate surface area is 122 Å². The first kappa shape index (κ1) is 14.8. The molecule has 110 valence electrons. The zero-order chi connectivity index (χ0) is 15.1.